The molecule has 0 saturated carbocycles. The number of oxime groups is 1. The largest absolute Gasteiger partial charge is 0.461 e. The van der Waals surface area contributed by atoms with Crippen LogP contribution in [0.2, 0.25) is 0 Å². The Morgan fingerprint density at radius 1 is 1.38 bits per heavy atom. The van der Waals surface area contributed by atoms with Gasteiger partial charge in [0.15, 0.2) is 5.71 Å². The Hall–Kier alpha value is -1.84. The quantitative estimate of drug-likeness (QED) is 0.443. The Labute approximate surface area is 94.9 Å². The van der Waals surface area contributed by atoms with E-state index in [1.165, 1.54) is 7.11 Å². The second-order valence-electron chi connectivity index (χ2n) is 3.16. The molecule has 0 heterocycles. The molecule has 0 amide bonds. The van der Waals surface area contributed by atoms with Gasteiger partial charge in [-0.05, 0) is 19.4 Å². The van der Waals surface area contributed by atoms with Gasteiger partial charge in [0.05, 0.1) is 6.61 Å². The summed E-state index contributed by atoms with van der Waals surface area (Å²) in [6, 6.07) is 7.45. The van der Waals surface area contributed by atoms with Crippen LogP contribution in [0.4, 0.5) is 0 Å². The van der Waals surface area contributed by atoms with Gasteiger partial charge in [-0.3, -0.25) is 0 Å². The molecule has 1 aromatic rings. The summed E-state index contributed by atoms with van der Waals surface area (Å²) < 4.78 is 4.92. The molecule has 4 nitrogen and oxygen atoms in total. The summed E-state index contributed by atoms with van der Waals surface area (Å²) in [6.45, 7) is 3.97. The highest BCUT2D eigenvalue weighted by Crippen LogP contribution is 2.10. The molecular weight excluding hydrogens is 206 g/mol. The van der Waals surface area contributed by atoms with Crippen LogP contribution in [0.5, 0.6) is 0 Å². The maximum Gasteiger partial charge on any atom is 0.361 e. The van der Waals surface area contributed by atoms with E-state index in [9.17, 15) is 4.79 Å². The smallest absolute Gasteiger partial charge is 0.361 e. The van der Waals surface area contributed by atoms with Crippen molar-refractivity contribution in [1.82, 2.24) is 0 Å². The lowest BCUT2D eigenvalue weighted by Crippen LogP contribution is -2.20. The highest BCUT2D eigenvalue weighted by molar-refractivity contribution is 6.43. The van der Waals surface area contributed by atoms with Crippen molar-refractivity contribution < 1.29 is 14.4 Å². The molecule has 0 saturated heterocycles. The predicted molar refractivity (Wildman–Crippen MR) is 61.4 cm³/mol. The number of rotatable bonds is 4. The number of ether oxygens (including phenoxy) is 1. The van der Waals surface area contributed by atoms with Crippen molar-refractivity contribution in [2.75, 3.05) is 13.7 Å². The molecule has 0 aromatic heterocycles. The van der Waals surface area contributed by atoms with Crippen LogP contribution in [0, 0.1) is 6.92 Å². The molecule has 0 bridgehead atoms. The Morgan fingerprint density at radius 2 is 2.06 bits per heavy atom. The SMILES string of the molecule is CCOC(=O)/C(=N\OC)c1ccccc1C. The lowest BCUT2D eigenvalue weighted by Gasteiger charge is -2.07. The first-order valence-corrected chi connectivity index (χ1v) is 5.05. The minimum absolute atomic E-state index is 0.197. The number of hydrogen-bond donors (Lipinski definition) is 0. The first-order chi connectivity index (χ1) is 7.70. The van der Waals surface area contributed by atoms with E-state index in [1.54, 1.807) is 6.92 Å². The Balaban J connectivity index is 3.09. The van der Waals surface area contributed by atoms with Gasteiger partial charge in [0.25, 0.3) is 0 Å². The molecule has 0 aliphatic rings. The Bertz CT molecular complexity index is 399. The van der Waals surface area contributed by atoms with Crippen LogP contribution < -0.4 is 0 Å². The fourth-order valence-electron chi connectivity index (χ4n) is 1.33. The van der Waals surface area contributed by atoms with Gasteiger partial charge in [0.2, 0.25) is 0 Å². The second-order valence-corrected chi connectivity index (χ2v) is 3.16. The van der Waals surface area contributed by atoms with E-state index in [-0.39, 0.29) is 5.71 Å². The molecule has 0 unspecified atom stereocenters. The molecule has 1 rings (SSSR count). The van der Waals surface area contributed by atoms with E-state index in [2.05, 4.69) is 9.99 Å². The van der Waals surface area contributed by atoms with Gasteiger partial charge in [-0.2, -0.15) is 0 Å². The van der Waals surface area contributed by atoms with Gasteiger partial charge < -0.3 is 9.57 Å². The number of benzene rings is 1. The molecule has 4 heteroatoms. The van der Waals surface area contributed by atoms with Crippen LogP contribution >= 0.6 is 0 Å². The minimum Gasteiger partial charge on any atom is -0.461 e. The fraction of sp³-hybridized carbons (Fsp3) is 0.333. The van der Waals surface area contributed by atoms with E-state index in [4.69, 9.17) is 4.74 Å². The van der Waals surface area contributed by atoms with Crippen molar-refractivity contribution in [1.29, 1.82) is 0 Å². The summed E-state index contributed by atoms with van der Waals surface area (Å²) in [5.74, 6) is -0.473. The van der Waals surface area contributed by atoms with Crippen molar-refractivity contribution in [2.24, 2.45) is 5.16 Å². The molecule has 0 N–H and O–H groups in total. The lowest BCUT2D eigenvalue weighted by atomic mass is 10.0. The first-order valence-electron chi connectivity index (χ1n) is 5.05. The zero-order valence-corrected chi connectivity index (χ0v) is 9.69. The van der Waals surface area contributed by atoms with Crippen molar-refractivity contribution in [3.8, 4) is 0 Å². The average molecular weight is 221 g/mol. The minimum atomic E-state index is -0.473. The third kappa shape index (κ3) is 2.82. The van der Waals surface area contributed by atoms with Gasteiger partial charge in [0.1, 0.15) is 7.11 Å². The second kappa shape index (κ2) is 5.90. The lowest BCUT2D eigenvalue weighted by molar-refractivity contribution is -0.135. The van der Waals surface area contributed by atoms with Crippen molar-refractivity contribution in [3.63, 3.8) is 0 Å². The molecule has 0 radical (unpaired) electrons. The zero-order chi connectivity index (χ0) is 12.0. The van der Waals surface area contributed by atoms with Gasteiger partial charge in [0, 0.05) is 5.56 Å². The number of nitrogens with zero attached hydrogens (tertiary/aromatic N) is 1. The first kappa shape index (κ1) is 12.2. The molecular formula is C12H15NO3. The summed E-state index contributed by atoms with van der Waals surface area (Å²) in [6.07, 6.45) is 0. The van der Waals surface area contributed by atoms with Crippen LogP contribution in [0.15, 0.2) is 29.4 Å². The summed E-state index contributed by atoms with van der Waals surface area (Å²) in [5.41, 5.74) is 1.87. The molecule has 0 atom stereocenters. The highest BCUT2D eigenvalue weighted by Gasteiger charge is 2.17. The van der Waals surface area contributed by atoms with E-state index in [0.29, 0.717) is 6.61 Å². The van der Waals surface area contributed by atoms with Crippen molar-refractivity contribution in [3.05, 3.63) is 35.4 Å². The maximum atomic E-state index is 11.7. The molecule has 0 fully saturated rings. The van der Waals surface area contributed by atoms with Gasteiger partial charge in [-0.15, -0.1) is 0 Å². The van der Waals surface area contributed by atoms with Crippen LogP contribution in [0.1, 0.15) is 18.1 Å². The normalized spacial score (nSPS) is 11.1. The number of aryl methyl sites for hydroxylation is 1. The van der Waals surface area contributed by atoms with Gasteiger partial charge in [-0.1, -0.05) is 29.4 Å². The van der Waals surface area contributed by atoms with Crippen LogP contribution in [-0.2, 0) is 14.4 Å². The van der Waals surface area contributed by atoms with E-state index >= 15 is 0 Å². The summed E-state index contributed by atoms with van der Waals surface area (Å²) in [7, 11) is 1.40. The van der Waals surface area contributed by atoms with Gasteiger partial charge in [-0.25, -0.2) is 4.79 Å². The molecule has 86 valence electrons. The molecule has 16 heavy (non-hydrogen) atoms. The average Bonchev–Trinajstić information content (AvgIpc) is 2.27. The standard InChI is InChI=1S/C12H15NO3/c1-4-16-12(14)11(13-15-3)10-8-6-5-7-9(10)2/h5-8H,4H2,1-3H3/b13-11-. The molecule has 0 aliphatic heterocycles. The number of carbonyl (C=O) groups excluding carboxylic acids is 1. The summed E-state index contributed by atoms with van der Waals surface area (Å²) in [5, 5.41) is 3.72. The Kier molecular flexibility index (Phi) is 4.51. The predicted octanol–water partition coefficient (Wildman–Crippen LogP) is 1.91. The fourth-order valence-corrected chi connectivity index (χ4v) is 1.33. The van der Waals surface area contributed by atoms with E-state index < -0.39 is 5.97 Å². The van der Waals surface area contributed by atoms with Crippen molar-refractivity contribution >= 4 is 11.7 Å². The number of carbonyl (C=O) groups is 1. The summed E-state index contributed by atoms with van der Waals surface area (Å²) in [4.78, 5) is 16.3. The Morgan fingerprint density at radius 3 is 2.62 bits per heavy atom. The van der Waals surface area contributed by atoms with Gasteiger partial charge >= 0.3 is 5.97 Å². The molecule has 1 aromatic carbocycles. The number of esters is 1. The summed E-state index contributed by atoms with van der Waals surface area (Å²) >= 11 is 0. The highest BCUT2D eigenvalue weighted by atomic mass is 16.6. The topological polar surface area (TPSA) is 47.9 Å². The van der Waals surface area contributed by atoms with E-state index in [1.807, 2.05) is 31.2 Å². The zero-order valence-electron chi connectivity index (χ0n) is 9.69. The maximum absolute atomic E-state index is 11.7. The van der Waals surface area contributed by atoms with Crippen molar-refractivity contribution in [2.45, 2.75) is 13.8 Å². The van der Waals surface area contributed by atoms with E-state index in [0.717, 1.165) is 11.1 Å². The van der Waals surface area contributed by atoms with Crippen LogP contribution in [0.3, 0.4) is 0 Å². The third-order valence-corrected chi connectivity index (χ3v) is 2.05. The van der Waals surface area contributed by atoms with Crippen LogP contribution in [0.25, 0.3) is 0 Å². The monoisotopic (exact) mass is 221 g/mol. The van der Waals surface area contributed by atoms with Crippen LogP contribution in [-0.4, -0.2) is 25.4 Å². The molecule has 0 aliphatic carbocycles. The third-order valence-electron chi connectivity index (χ3n) is 2.05. The molecule has 0 spiro atoms. The number of hydrogen-bond acceptors (Lipinski definition) is 4.